The van der Waals surface area contributed by atoms with Gasteiger partial charge in [0.2, 0.25) is 0 Å². The van der Waals surface area contributed by atoms with Gasteiger partial charge >= 0.3 is 12.1 Å². The van der Waals surface area contributed by atoms with Crippen molar-refractivity contribution in [1.29, 1.82) is 0 Å². The van der Waals surface area contributed by atoms with Crippen molar-refractivity contribution < 1.29 is 24.4 Å². The number of nitrogens with two attached hydrogens (primary N) is 1. The van der Waals surface area contributed by atoms with Crippen LogP contribution in [0.15, 0.2) is 12.1 Å². The first-order valence-corrected chi connectivity index (χ1v) is 7.53. The van der Waals surface area contributed by atoms with Gasteiger partial charge in [0, 0.05) is 12.1 Å². The summed E-state index contributed by atoms with van der Waals surface area (Å²) in [6.07, 6.45) is -0.804. The van der Waals surface area contributed by atoms with Crippen LogP contribution in [-0.4, -0.2) is 34.2 Å². The maximum atomic E-state index is 10.9. The zero-order valence-corrected chi connectivity index (χ0v) is 15.1. The van der Waals surface area contributed by atoms with Crippen LogP contribution in [0.3, 0.4) is 0 Å². The highest BCUT2D eigenvalue weighted by atomic mass is 16.6. The van der Waals surface area contributed by atoms with E-state index in [9.17, 15) is 19.7 Å². The Labute approximate surface area is 146 Å². The molecule has 1 rings (SSSR count). The first-order chi connectivity index (χ1) is 11.3. The van der Waals surface area contributed by atoms with E-state index in [0.717, 1.165) is 5.56 Å². The number of aryl methyl sites for hydroxylation is 2. The zero-order chi connectivity index (χ0) is 19.8. The fourth-order valence-corrected chi connectivity index (χ4v) is 1.94. The van der Waals surface area contributed by atoms with Crippen LogP contribution in [0.1, 0.15) is 38.3 Å². The summed E-state index contributed by atoms with van der Waals surface area (Å²) in [5, 5.41) is 22.2. The van der Waals surface area contributed by atoms with Gasteiger partial charge in [-0.3, -0.25) is 14.9 Å². The molecule has 0 aromatic heterocycles. The Morgan fingerprint density at radius 3 is 2.24 bits per heavy atom. The van der Waals surface area contributed by atoms with Gasteiger partial charge in [0.15, 0.2) is 0 Å². The van der Waals surface area contributed by atoms with Crippen molar-refractivity contribution in [1.82, 2.24) is 0 Å². The molecule has 0 bridgehead atoms. The Kier molecular flexibility index (Phi) is 8.38. The van der Waals surface area contributed by atoms with Gasteiger partial charge in [-0.05, 0) is 52.3 Å². The summed E-state index contributed by atoms with van der Waals surface area (Å²) in [4.78, 5) is 30.8. The average Bonchev–Trinajstić information content (AvgIpc) is 2.34. The van der Waals surface area contributed by atoms with E-state index in [1.54, 1.807) is 39.8 Å². The van der Waals surface area contributed by atoms with Gasteiger partial charge in [0.25, 0.3) is 5.69 Å². The second-order valence-electron chi connectivity index (χ2n) is 6.34. The first-order valence-electron chi connectivity index (χ1n) is 7.53. The average molecular weight is 355 g/mol. The predicted octanol–water partition coefficient (Wildman–Crippen LogP) is 2.98. The number of hydrogen-bond acceptors (Lipinski definition) is 6. The van der Waals surface area contributed by atoms with Crippen LogP contribution in [0.25, 0.3) is 0 Å². The molecule has 1 amide bonds. The molecule has 0 radical (unpaired) electrons. The zero-order valence-electron chi connectivity index (χ0n) is 15.1. The van der Waals surface area contributed by atoms with Crippen LogP contribution < -0.4 is 11.1 Å². The minimum absolute atomic E-state index is 0.000916. The van der Waals surface area contributed by atoms with Gasteiger partial charge in [-0.25, -0.2) is 4.79 Å². The lowest BCUT2D eigenvalue weighted by molar-refractivity contribution is -0.384. The molecule has 140 valence electrons. The van der Waals surface area contributed by atoms with Crippen molar-refractivity contribution in [2.75, 3.05) is 11.9 Å². The van der Waals surface area contributed by atoms with Gasteiger partial charge in [-0.1, -0.05) is 0 Å². The number of anilines is 1. The Balaban J connectivity index is 0.000000609. The largest absolute Gasteiger partial charge is 0.481 e. The molecule has 0 aliphatic rings. The van der Waals surface area contributed by atoms with Gasteiger partial charge in [0.05, 0.1) is 11.3 Å². The summed E-state index contributed by atoms with van der Waals surface area (Å²) in [5.74, 6) is -0.940. The van der Waals surface area contributed by atoms with Crippen molar-refractivity contribution in [3.8, 4) is 0 Å². The Hall–Kier alpha value is -2.84. The first kappa shape index (κ1) is 22.2. The van der Waals surface area contributed by atoms with Crippen molar-refractivity contribution in [3.05, 3.63) is 33.4 Å². The molecular weight excluding hydrogens is 330 g/mol. The molecule has 25 heavy (non-hydrogen) atoms. The lowest BCUT2D eigenvalue weighted by Crippen LogP contribution is -2.27. The smallest absolute Gasteiger partial charge is 0.405 e. The molecule has 4 N–H and O–H groups in total. The molecule has 9 heteroatoms. The minimum atomic E-state index is -0.940. The molecule has 0 saturated carbocycles. The summed E-state index contributed by atoms with van der Waals surface area (Å²) in [7, 11) is 0. The maximum absolute atomic E-state index is 10.9. The number of amides is 1. The number of rotatable bonds is 5. The number of nitrogens with zero attached hydrogens (tertiary/aromatic N) is 1. The van der Waals surface area contributed by atoms with E-state index in [0.29, 0.717) is 11.3 Å². The summed E-state index contributed by atoms with van der Waals surface area (Å²) >= 11 is 0. The number of nitro groups is 1. The van der Waals surface area contributed by atoms with Crippen molar-refractivity contribution in [3.63, 3.8) is 0 Å². The number of carbonyl (C=O) groups is 2. The molecule has 1 aromatic rings. The third kappa shape index (κ3) is 9.80. The maximum Gasteiger partial charge on any atom is 0.405 e. The summed E-state index contributed by atoms with van der Waals surface area (Å²) in [6.45, 7) is 8.94. The number of nitrogens with one attached hydrogen (secondary N) is 1. The number of ether oxygens (including phenoxy) is 1. The molecular formula is C16H25N3O6. The van der Waals surface area contributed by atoms with E-state index < -0.39 is 22.6 Å². The van der Waals surface area contributed by atoms with Crippen LogP contribution in [0.2, 0.25) is 0 Å². The second-order valence-corrected chi connectivity index (χ2v) is 6.34. The van der Waals surface area contributed by atoms with Crippen molar-refractivity contribution >= 4 is 23.4 Å². The number of carbonyl (C=O) groups excluding carboxylic acids is 1. The van der Waals surface area contributed by atoms with Crippen LogP contribution in [0.5, 0.6) is 0 Å². The van der Waals surface area contributed by atoms with Crippen molar-refractivity contribution in [2.24, 2.45) is 5.73 Å². The minimum Gasteiger partial charge on any atom is -0.481 e. The number of aliphatic carboxylic acids is 1. The molecule has 0 atom stereocenters. The van der Waals surface area contributed by atoms with Crippen LogP contribution in [-0.2, 0) is 9.53 Å². The Morgan fingerprint density at radius 2 is 1.88 bits per heavy atom. The van der Waals surface area contributed by atoms with Gasteiger partial charge in [0.1, 0.15) is 11.3 Å². The van der Waals surface area contributed by atoms with Gasteiger partial charge in [-0.2, -0.15) is 0 Å². The molecule has 9 nitrogen and oxygen atoms in total. The van der Waals surface area contributed by atoms with Gasteiger partial charge < -0.3 is 20.9 Å². The standard InChI is InChI=1S/C11H14N2O4.C5H11NO2/c1-7-5-8(2)11(13(16)17)9(6-7)12-4-3-10(14)15;1-5(2,3)8-4(6)7/h5-6,12H,3-4H2,1-2H3,(H,14,15);1-3H3,(H2,6,7). The van der Waals surface area contributed by atoms with E-state index in [2.05, 4.69) is 10.1 Å². The predicted molar refractivity (Wildman–Crippen MR) is 93.7 cm³/mol. The number of nitro benzene ring substituents is 1. The molecule has 0 spiro atoms. The van der Waals surface area contributed by atoms with Crippen molar-refractivity contribution in [2.45, 2.75) is 46.6 Å². The Morgan fingerprint density at radius 1 is 1.32 bits per heavy atom. The van der Waals surface area contributed by atoms with Gasteiger partial charge in [-0.15, -0.1) is 0 Å². The highest BCUT2D eigenvalue weighted by molar-refractivity contribution is 5.70. The number of carboxylic acid groups (broad SMARTS) is 1. The summed E-state index contributed by atoms with van der Waals surface area (Å²) in [5.41, 5.74) is 6.09. The SMILES string of the molecule is CC(C)(C)OC(N)=O.Cc1cc(C)c([N+](=O)[O-])c(NCCC(=O)O)c1. The number of primary amides is 1. The molecule has 0 fully saturated rings. The van der Waals surface area contributed by atoms with E-state index in [1.807, 2.05) is 6.92 Å². The second kappa shape index (κ2) is 9.45. The molecule has 0 unspecified atom stereocenters. The molecule has 0 aliphatic heterocycles. The molecule has 0 aliphatic carbocycles. The topological polar surface area (TPSA) is 145 Å². The fourth-order valence-electron chi connectivity index (χ4n) is 1.94. The number of benzene rings is 1. The lowest BCUT2D eigenvalue weighted by atomic mass is 10.1. The molecule has 0 heterocycles. The monoisotopic (exact) mass is 355 g/mol. The molecule has 1 aromatic carbocycles. The highest BCUT2D eigenvalue weighted by Gasteiger charge is 2.17. The number of hydrogen-bond donors (Lipinski definition) is 3. The molecule has 0 saturated heterocycles. The van der Waals surface area contributed by atoms with E-state index >= 15 is 0 Å². The van der Waals surface area contributed by atoms with E-state index in [4.69, 9.17) is 10.8 Å². The van der Waals surface area contributed by atoms with E-state index in [1.165, 1.54) is 0 Å². The lowest BCUT2D eigenvalue weighted by Gasteiger charge is -2.16. The number of carboxylic acids is 1. The summed E-state index contributed by atoms with van der Waals surface area (Å²) in [6, 6.07) is 3.37. The third-order valence-corrected chi connectivity index (χ3v) is 2.69. The summed E-state index contributed by atoms with van der Waals surface area (Å²) < 4.78 is 4.58. The van der Waals surface area contributed by atoms with Crippen LogP contribution >= 0.6 is 0 Å². The quantitative estimate of drug-likeness (QED) is 0.543. The normalized spacial score (nSPS) is 10.3. The fraction of sp³-hybridized carbons (Fsp3) is 0.500. The van der Waals surface area contributed by atoms with E-state index in [-0.39, 0.29) is 18.7 Å². The highest BCUT2D eigenvalue weighted by Crippen LogP contribution is 2.29. The third-order valence-electron chi connectivity index (χ3n) is 2.69. The Bertz CT molecular complexity index is 637. The van der Waals surface area contributed by atoms with Crippen LogP contribution in [0, 0.1) is 24.0 Å². The van der Waals surface area contributed by atoms with Crippen LogP contribution in [0.4, 0.5) is 16.2 Å².